The molecule has 90 valence electrons. The van der Waals surface area contributed by atoms with E-state index < -0.39 is 0 Å². The maximum absolute atomic E-state index is 6.22. The highest BCUT2D eigenvalue weighted by atomic mass is 15.1. The number of nitrogens with zero attached hydrogens (tertiary/aromatic N) is 1. The molecule has 0 radical (unpaired) electrons. The lowest BCUT2D eigenvalue weighted by atomic mass is 9.99. The summed E-state index contributed by atoms with van der Waals surface area (Å²) in [6.45, 7) is 0.877. The maximum atomic E-state index is 6.22. The zero-order chi connectivity index (χ0) is 12.5. The van der Waals surface area contributed by atoms with Gasteiger partial charge in [0.25, 0.3) is 0 Å². The molecule has 0 saturated carbocycles. The monoisotopic (exact) mass is 236 g/mol. The summed E-state index contributed by atoms with van der Waals surface area (Å²) in [6.07, 6.45) is 2.06. The van der Waals surface area contributed by atoms with E-state index in [0.29, 0.717) is 0 Å². The van der Waals surface area contributed by atoms with Crippen LogP contribution >= 0.6 is 0 Å². The minimum Gasteiger partial charge on any atom is -0.398 e. The van der Waals surface area contributed by atoms with Crippen molar-refractivity contribution in [2.75, 3.05) is 11.9 Å². The Kier molecular flexibility index (Phi) is 2.56. The standard InChI is InChI=1S/C16H16N2/c1-18-11-13-7-2-4-8-14(13)15(17)10-12-6-3-5-9-16(12)18/h2-10H,11,17H2,1H3. The van der Waals surface area contributed by atoms with E-state index in [0.717, 1.165) is 17.8 Å². The van der Waals surface area contributed by atoms with Crippen LogP contribution in [0.4, 0.5) is 5.69 Å². The number of hydrogen-bond donors (Lipinski definition) is 1. The molecule has 1 aliphatic heterocycles. The fraction of sp³-hybridized carbons (Fsp3) is 0.125. The third kappa shape index (κ3) is 1.76. The molecular formula is C16H16N2. The van der Waals surface area contributed by atoms with E-state index in [2.05, 4.69) is 54.4 Å². The Labute approximate surface area is 107 Å². The van der Waals surface area contributed by atoms with E-state index in [-0.39, 0.29) is 0 Å². The van der Waals surface area contributed by atoms with Crippen molar-refractivity contribution in [2.45, 2.75) is 6.54 Å². The highest BCUT2D eigenvalue weighted by Gasteiger charge is 2.13. The van der Waals surface area contributed by atoms with Gasteiger partial charge in [0.05, 0.1) is 0 Å². The SMILES string of the molecule is CN1Cc2ccccc2C(N)=Cc2ccccc21. The number of nitrogens with two attached hydrogens (primary N) is 1. The van der Waals surface area contributed by atoms with E-state index in [9.17, 15) is 0 Å². The second kappa shape index (κ2) is 4.22. The Morgan fingerprint density at radius 1 is 1.00 bits per heavy atom. The second-order valence-electron chi connectivity index (χ2n) is 4.67. The largest absolute Gasteiger partial charge is 0.398 e. The lowest BCUT2D eigenvalue weighted by Crippen LogP contribution is -2.20. The van der Waals surface area contributed by atoms with Gasteiger partial charge in [-0.25, -0.2) is 0 Å². The molecule has 0 spiro atoms. The predicted molar refractivity (Wildman–Crippen MR) is 77.0 cm³/mol. The van der Waals surface area contributed by atoms with Gasteiger partial charge in [0, 0.05) is 30.5 Å². The van der Waals surface area contributed by atoms with Crippen LogP contribution in [0.1, 0.15) is 16.7 Å². The minimum absolute atomic E-state index is 0.839. The van der Waals surface area contributed by atoms with Crippen LogP contribution in [0.15, 0.2) is 48.5 Å². The number of anilines is 1. The van der Waals surface area contributed by atoms with E-state index in [1.165, 1.54) is 16.8 Å². The van der Waals surface area contributed by atoms with Crippen molar-refractivity contribution in [1.82, 2.24) is 0 Å². The van der Waals surface area contributed by atoms with Crippen LogP contribution in [0.25, 0.3) is 11.8 Å². The molecule has 2 nitrogen and oxygen atoms in total. The Morgan fingerprint density at radius 3 is 2.61 bits per heavy atom. The summed E-state index contributed by atoms with van der Waals surface area (Å²) in [6, 6.07) is 16.7. The Morgan fingerprint density at radius 2 is 1.72 bits per heavy atom. The number of hydrogen-bond acceptors (Lipinski definition) is 2. The Bertz CT molecular complexity index is 614. The first-order valence-electron chi connectivity index (χ1n) is 6.11. The fourth-order valence-corrected chi connectivity index (χ4v) is 2.48. The third-order valence-corrected chi connectivity index (χ3v) is 3.39. The Balaban J connectivity index is 2.23. The second-order valence-corrected chi connectivity index (χ2v) is 4.67. The lowest BCUT2D eigenvalue weighted by molar-refractivity contribution is 0.916. The summed E-state index contributed by atoms with van der Waals surface area (Å²) in [5, 5.41) is 0. The van der Waals surface area contributed by atoms with Crippen LogP contribution in [0.3, 0.4) is 0 Å². The molecular weight excluding hydrogens is 220 g/mol. The zero-order valence-corrected chi connectivity index (χ0v) is 10.4. The molecule has 0 saturated heterocycles. The normalized spacial score (nSPS) is 14.1. The molecule has 1 heterocycles. The van der Waals surface area contributed by atoms with Crippen molar-refractivity contribution >= 4 is 17.5 Å². The van der Waals surface area contributed by atoms with Gasteiger partial charge in [-0.3, -0.25) is 0 Å². The number of benzene rings is 2. The maximum Gasteiger partial charge on any atom is 0.0441 e. The first-order valence-corrected chi connectivity index (χ1v) is 6.11. The summed E-state index contributed by atoms with van der Waals surface area (Å²) >= 11 is 0. The first-order chi connectivity index (χ1) is 8.75. The van der Waals surface area contributed by atoms with Crippen LogP contribution in [0.2, 0.25) is 0 Å². The van der Waals surface area contributed by atoms with E-state index >= 15 is 0 Å². The van der Waals surface area contributed by atoms with Crippen molar-refractivity contribution < 1.29 is 0 Å². The summed E-state index contributed by atoms with van der Waals surface area (Å²) in [5.41, 5.74) is 11.9. The number of fused-ring (bicyclic) bond motifs is 2. The molecule has 0 fully saturated rings. The zero-order valence-electron chi connectivity index (χ0n) is 10.4. The first kappa shape index (κ1) is 10.9. The molecule has 1 aliphatic rings. The third-order valence-electron chi connectivity index (χ3n) is 3.39. The minimum atomic E-state index is 0.839. The van der Waals surface area contributed by atoms with Gasteiger partial charge in [-0.15, -0.1) is 0 Å². The molecule has 2 N–H and O–H groups in total. The van der Waals surface area contributed by atoms with Gasteiger partial charge in [-0.05, 0) is 23.3 Å². The molecule has 18 heavy (non-hydrogen) atoms. The fourth-order valence-electron chi connectivity index (χ4n) is 2.48. The van der Waals surface area contributed by atoms with Crippen molar-refractivity contribution in [1.29, 1.82) is 0 Å². The van der Waals surface area contributed by atoms with E-state index in [1.54, 1.807) is 0 Å². The van der Waals surface area contributed by atoms with Gasteiger partial charge in [-0.2, -0.15) is 0 Å². The van der Waals surface area contributed by atoms with Crippen molar-refractivity contribution in [3.8, 4) is 0 Å². The summed E-state index contributed by atoms with van der Waals surface area (Å²) in [5.74, 6) is 0. The molecule has 0 unspecified atom stereocenters. The number of para-hydroxylation sites is 1. The summed E-state index contributed by atoms with van der Waals surface area (Å²) in [4.78, 5) is 2.26. The van der Waals surface area contributed by atoms with Crippen LogP contribution in [-0.2, 0) is 6.54 Å². The molecule has 3 rings (SSSR count). The van der Waals surface area contributed by atoms with Crippen LogP contribution < -0.4 is 10.6 Å². The molecule has 0 aromatic heterocycles. The van der Waals surface area contributed by atoms with E-state index in [1.807, 2.05) is 12.1 Å². The Hall–Kier alpha value is -2.22. The molecule has 0 atom stereocenters. The average Bonchev–Trinajstić information content (AvgIpc) is 2.38. The predicted octanol–water partition coefficient (Wildman–Crippen LogP) is 3.09. The van der Waals surface area contributed by atoms with Gasteiger partial charge >= 0.3 is 0 Å². The quantitative estimate of drug-likeness (QED) is 0.761. The molecule has 0 amide bonds. The van der Waals surface area contributed by atoms with Crippen LogP contribution in [-0.4, -0.2) is 7.05 Å². The van der Waals surface area contributed by atoms with Gasteiger partial charge in [0.2, 0.25) is 0 Å². The van der Waals surface area contributed by atoms with Gasteiger partial charge < -0.3 is 10.6 Å². The highest BCUT2D eigenvalue weighted by molar-refractivity contribution is 5.86. The van der Waals surface area contributed by atoms with Crippen LogP contribution in [0, 0.1) is 0 Å². The van der Waals surface area contributed by atoms with Gasteiger partial charge in [0.15, 0.2) is 0 Å². The molecule has 0 aliphatic carbocycles. The molecule has 2 aromatic rings. The van der Waals surface area contributed by atoms with Crippen molar-refractivity contribution in [3.05, 3.63) is 65.2 Å². The van der Waals surface area contributed by atoms with Crippen molar-refractivity contribution in [2.24, 2.45) is 5.73 Å². The summed E-state index contributed by atoms with van der Waals surface area (Å²) < 4.78 is 0. The van der Waals surface area contributed by atoms with Crippen molar-refractivity contribution in [3.63, 3.8) is 0 Å². The van der Waals surface area contributed by atoms with E-state index in [4.69, 9.17) is 5.73 Å². The topological polar surface area (TPSA) is 29.3 Å². The average molecular weight is 236 g/mol. The van der Waals surface area contributed by atoms with Crippen LogP contribution in [0.5, 0.6) is 0 Å². The summed E-state index contributed by atoms with van der Waals surface area (Å²) in [7, 11) is 2.12. The smallest absolute Gasteiger partial charge is 0.0441 e. The van der Waals surface area contributed by atoms with Gasteiger partial charge in [0.1, 0.15) is 0 Å². The molecule has 0 bridgehead atoms. The highest BCUT2D eigenvalue weighted by Crippen LogP contribution is 2.29. The number of rotatable bonds is 0. The van der Waals surface area contributed by atoms with Gasteiger partial charge in [-0.1, -0.05) is 42.5 Å². The lowest BCUT2D eigenvalue weighted by Gasteiger charge is -2.25. The molecule has 2 heteroatoms. The molecule has 2 aromatic carbocycles.